The molecule has 0 spiro atoms. The number of aromatic nitrogens is 2. The number of ether oxygens (including phenoxy) is 1. The van der Waals surface area contributed by atoms with Crippen LogP contribution in [0.4, 0.5) is 19.1 Å². The van der Waals surface area contributed by atoms with Crippen molar-refractivity contribution >= 4 is 17.5 Å². The number of nitrogens with zero attached hydrogens (tertiary/aromatic N) is 2. The van der Waals surface area contributed by atoms with Crippen LogP contribution in [0.15, 0.2) is 12.3 Å². The van der Waals surface area contributed by atoms with E-state index >= 15 is 0 Å². The van der Waals surface area contributed by atoms with Crippen molar-refractivity contribution in [2.24, 2.45) is 0 Å². The minimum Gasteiger partial charge on any atom is -0.383 e. The average Bonchev–Trinajstić information content (AvgIpc) is 2.29. The zero-order valence-corrected chi connectivity index (χ0v) is 10.4. The van der Waals surface area contributed by atoms with E-state index in [-0.39, 0.29) is 12.0 Å². The number of alkyl halides is 4. The van der Waals surface area contributed by atoms with E-state index in [4.69, 9.17) is 16.3 Å². The number of rotatable bonds is 6. The maximum absolute atomic E-state index is 12.4. The van der Waals surface area contributed by atoms with Gasteiger partial charge in [0, 0.05) is 19.2 Å². The highest BCUT2D eigenvalue weighted by Gasteiger charge is 2.32. The molecule has 1 unspecified atom stereocenters. The van der Waals surface area contributed by atoms with E-state index in [0.717, 1.165) is 12.3 Å². The van der Waals surface area contributed by atoms with Crippen LogP contribution in [-0.4, -0.2) is 35.6 Å². The molecule has 1 aromatic rings. The van der Waals surface area contributed by atoms with Crippen LogP contribution >= 0.6 is 11.6 Å². The van der Waals surface area contributed by atoms with E-state index in [1.54, 1.807) is 0 Å². The molecular formula is C10H13ClF3N3O. The fourth-order valence-corrected chi connectivity index (χ4v) is 1.56. The first-order valence-electron chi connectivity index (χ1n) is 5.19. The van der Waals surface area contributed by atoms with Gasteiger partial charge in [0.05, 0.1) is 12.6 Å². The molecule has 1 rings (SSSR count). The minimum atomic E-state index is -4.48. The lowest BCUT2D eigenvalue weighted by Crippen LogP contribution is -2.27. The van der Waals surface area contributed by atoms with Crippen LogP contribution in [0.2, 0.25) is 0 Å². The Labute approximate surface area is 108 Å². The van der Waals surface area contributed by atoms with Crippen molar-refractivity contribution in [1.82, 2.24) is 9.97 Å². The van der Waals surface area contributed by atoms with Gasteiger partial charge in [-0.15, -0.1) is 11.6 Å². The van der Waals surface area contributed by atoms with Gasteiger partial charge in [0.25, 0.3) is 0 Å². The van der Waals surface area contributed by atoms with Crippen LogP contribution in [0.5, 0.6) is 0 Å². The van der Waals surface area contributed by atoms with E-state index in [2.05, 4.69) is 15.3 Å². The van der Waals surface area contributed by atoms with Gasteiger partial charge in [-0.3, -0.25) is 0 Å². The van der Waals surface area contributed by atoms with Crippen LogP contribution in [-0.2, 0) is 10.9 Å². The molecule has 0 bridgehead atoms. The van der Waals surface area contributed by atoms with Gasteiger partial charge in [-0.1, -0.05) is 0 Å². The summed E-state index contributed by atoms with van der Waals surface area (Å²) in [7, 11) is 1.50. The topological polar surface area (TPSA) is 47.0 Å². The number of nitrogens with one attached hydrogen (secondary N) is 1. The SMILES string of the molecule is COCC(CCCl)Nc1nccc(C(F)(F)F)n1. The minimum absolute atomic E-state index is 0.0861. The maximum Gasteiger partial charge on any atom is 0.433 e. The molecule has 0 aliphatic rings. The zero-order chi connectivity index (χ0) is 13.6. The summed E-state index contributed by atoms with van der Waals surface area (Å²) < 4.78 is 42.2. The summed E-state index contributed by atoms with van der Waals surface area (Å²) in [5, 5.41) is 2.76. The molecule has 4 nitrogen and oxygen atoms in total. The Morgan fingerprint density at radius 3 is 2.78 bits per heavy atom. The third-order valence-electron chi connectivity index (χ3n) is 2.10. The standard InChI is InChI=1S/C10H13ClF3N3O/c1-18-6-7(2-4-11)16-9-15-5-3-8(17-9)10(12,13)14/h3,5,7H,2,4,6H2,1H3,(H,15,16,17). The van der Waals surface area contributed by atoms with Gasteiger partial charge >= 0.3 is 6.18 Å². The Bertz CT molecular complexity index is 370. The molecule has 0 saturated carbocycles. The van der Waals surface area contributed by atoms with E-state index in [1.807, 2.05) is 0 Å². The monoisotopic (exact) mass is 283 g/mol. The second-order valence-corrected chi connectivity index (χ2v) is 3.92. The second-order valence-electron chi connectivity index (χ2n) is 3.54. The molecule has 8 heteroatoms. The second kappa shape index (κ2) is 6.75. The van der Waals surface area contributed by atoms with Crippen molar-refractivity contribution in [2.45, 2.75) is 18.6 Å². The van der Waals surface area contributed by atoms with E-state index in [1.165, 1.54) is 7.11 Å². The highest BCUT2D eigenvalue weighted by molar-refractivity contribution is 6.17. The number of methoxy groups -OCH3 is 1. The van der Waals surface area contributed by atoms with Gasteiger partial charge < -0.3 is 10.1 Å². The highest BCUT2D eigenvalue weighted by Crippen LogP contribution is 2.27. The average molecular weight is 284 g/mol. The summed E-state index contributed by atoms with van der Waals surface area (Å²) in [6.45, 7) is 0.312. The van der Waals surface area contributed by atoms with Crippen molar-refractivity contribution < 1.29 is 17.9 Å². The normalized spacial score (nSPS) is 13.4. The van der Waals surface area contributed by atoms with Crippen molar-refractivity contribution in [3.05, 3.63) is 18.0 Å². The fraction of sp³-hybridized carbons (Fsp3) is 0.600. The molecule has 0 saturated heterocycles. The zero-order valence-electron chi connectivity index (χ0n) is 9.67. The molecule has 1 heterocycles. The van der Waals surface area contributed by atoms with Crippen LogP contribution in [0.3, 0.4) is 0 Å². The summed E-state index contributed by atoms with van der Waals surface area (Å²) in [4.78, 5) is 7.14. The quantitative estimate of drug-likeness (QED) is 0.815. The van der Waals surface area contributed by atoms with Crippen molar-refractivity contribution in [2.75, 3.05) is 24.9 Å². The lowest BCUT2D eigenvalue weighted by Gasteiger charge is -2.17. The molecule has 0 aliphatic heterocycles. The molecule has 0 radical (unpaired) electrons. The highest BCUT2D eigenvalue weighted by atomic mass is 35.5. The molecular weight excluding hydrogens is 271 g/mol. The molecule has 0 amide bonds. The number of hydrogen-bond donors (Lipinski definition) is 1. The Morgan fingerprint density at radius 1 is 1.50 bits per heavy atom. The molecule has 18 heavy (non-hydrogen) atoms. The molecule has 1 N–H and O–H groups in total. The first kappa shape index (κ1) is 15.0. The summed E-state index contributed by atoms with van der Waals surface area (Å²) >= 11 is 5.59. The van der Waals surface area contributed by atoms with Crippen LogP contribution in [0.25, 0.3) is 0 Å². The van der Waals surface area contributed by atoms with E-state index in [0.29, 0.717) is 18.9 Å². The summed E-state index contributed by atoms with van der Waals surface area (Å²) in [6, 6.07) is 0.592. The van der Waals surface area contributed by atoms with Crippen molar-refractivity contribution in [1.29, 1.82) is 0 Å². The van der Waals surface area contributed by atoms with Crippen LogP contribution in [0.1, 0.15) is 12.1 Å². The van der Waals surface area contributed by atoms with Gasteiger partial charge in [0.15, 0.2) is 0 Å². The van der Waals surface area contributed by atoms with E-state index in [9.17, 15) is 13.2 Å². The summed E-state index contributed by atoms with van der Waals surface area (Å²) in [5.41, 5.74) is -0.984. The lowest BCUT2D eigenvalue weighted by molar-refractivity contribution is -0.141. The third kappa shape index (κ3) is 4.66. The lowest BCUT2D eigenvalue weighted by atomic mass is 10.2. The van der Waals surface area contributed by atoms with Gasteiger partial charge in [0.1, 0.15) is 5.69 Å². The van der Waals surface area contributed by atoms with Crippen molar-refractivity contribution in [3.8, 4) is 0 Å². The Morgan fingerprint density at radius 2 is 2.22 bits per heavy atom. The third-order valence-corrected chi connectivity index (χ3v) is 2.32. The first-order valence-corrected chi connectivity index (χ1v) is 5.72. The van der Waals surface area contributed by atoms with E-state index < -0.39 is 11.9 Å². The number of halogens is 4. The van der Waals surface area contributed by atoms with Crippen LogP contribution < -0.4 is 5.32 Å². The Hall–Kier alpha value is -1.08. The summed E-state index contributed by atoms with van der Waals surface area (Å²) in [5.74, 6) is 0.275. The van der Waals surface area contributed by atoms with Gasteiger partial charge in [0.2, 0.25) is 5.95 Å². The molecule has 0 aromatic carbocycles. The molecule has 102 valence electrons. The van der Waals surface area contributed by atoms with Gasteiger partial charge in [-0.05, 0) is 12.5 Å². The van der Waals surface area contributed by atoms with Gasteiger partial charge in [-0.25, -0.2) is 9.97 Å². The predicted molar refractivity (Wildman–Crippen MR) is 61.7 cm³/mol. The maximum atomic E-state index is 12.4. The molecule has 0 aliphatic carbocycles. The largest absolute Gasteiger partial charge is 0.433 e. The molecule has 1 aromatic heterocycles. The van der Waals surface area contributed by atoms with Gasteiger partial charge in [-0.2, -0.15) is 13.2 Å². The van der Waals surface area contributed by atoms with Crippen molar-refractivity contribution in [3.63, 3.8) is 0 Å². The fourth-order valence-electron chi connectivity index (χ4n) is 1.30. The Balaban J connectivity index is 2.77. The predicted octanol–water partition coefficient (Wildman–Crippen LogP) is 2.55. The Kier molecular flexibility index (Phi) is 5.61. The number of hydrogen-bond acceptors (Lipinski definition) is 4. The molecule has 0 fully saturated rings. The first-order chi connectivity index (χ1) is 8.47. The smallest absolute Gasteiger partial charge is 0.383 e. The van der Waals surface area contributed by atoms with Crippen LogP contribution in [0, 0.1) is 0 Å². The summed E-state index contributed by atoms with van der Waals surface area (Å²) in [6.07, 6.45) is -2.89. The number of anilines is 1. The molecule has 1 atom stereocenters.